The van der Waals surface area contributed by atoms with E-state index in [0.29, 0.717) is 30.4 Å². The third-order valence-electron chi connectivity index (χ3n) is 3.20. The zero-order valence-electron chi connectivity index (χ0n) is 11.9. The van der Waals surface area contributed by atoms with Gasteiger partial charge in [0.15, 0.2) is 5.82 Å². The van der Waals surface area contributed by atoms with Gasteiger partial charge in [0.05, 0.1) is 18.1 Å². The maximum absolute atomic E-state index is 10.9. The number of nitrogens with zero attached hydrogens (tertiary/aromatic N) is 4. The van der Waals surface area contributed by atoms with E-state index in [2.05, 4.69) is 10.2 Å². The first kappa shape index (κ1) is 15.1. The van der Waals surface area contributed by atoms with Gasteiger partial charge in [0.2, 0.25) is 0 Å². The molecule has 0 aliphatic carbocycles. The van der Waals surface area contributed by atoms with Crippen molar-refractivity contribution < 1.29 is 9.66 Å². The topological polar surface area (TPSA) is 109 Å². The molecular formula is C13H17N5O3. The number of aromatic nitrogens is 3. The molecule has 0 radical (unpaired) electrons. The minimum Gasteiger partial charge on any atom is -0.383 e. The number of aryl methyl sites for hydroxylation is 1. The molecular weight excluding hydrogens is 274 g/mol. The van der Waals surface area contributed by atoms with Crippen LogP contribution in [0, 0.1) is 17.0 Å². The molecule has 2 N–H and O–H groups in total. The largest absolute Gasteiger partial charge is 0.383 e. The van der Waals surface area contributed by atoms with Crippen LogP contribution in [0.25, 0.3) is 11.4 Å². The number of nitrogens with two attached hydrogens (primary N) is 1. The Kier molecular flexibility index (Phi) is 4.61. The molecule has 2 rings (SSSR count). The van der Waals surface area contributed by atoms with Crippen LogP contribution in [0.5, 0.6) is 0 Å². The van der Waals surface area contributed by atoms with Crippen LogP contribution in [0.4, 0.5) is 5.69 Å². The molecule has 0 atom stereocenters. The molecule has 0 aliphatic heterocycles. The predicted octanol–water partition coefficient (Wildman–Crippen LogP) is 1.27. The Labute approximate surface area is 121 Å². The number of hydrogen-bond acceptors (Lipinski definition) is 6. The Hall–Kier alpha value is -2.32. The lowest BCUT2D eigenvalue weighted by Crippen LogP contribution is -2.13. The average molecular weight is 291 g/mol. The smallest absolute Gasteiger partial charge is 0.270 e. The van der Waals surface area contributed by atoms with Gasteiger partial charge in [-0.05, 0) is 12.5 Å². The van der Waals surface area contributed by atoms with Gasteiger partial charge in [-0.3, -0.25) is 10.1 Å². The van der Waals surface area contributed by atoms with Crippen LogP contribution in [0.2, 0.25) is 0 Å². The summed E-state index contributed by atoms with van der Waals surface area (Å²) in [4.78, 5) is 10.5. The van der Waals surface area contributed by atoms with Gasteiger partial charge < -0.3 is 15.0 Å². The maximum Gasteiger partial charge on any atom is 0.270 e. The van der Waals surface area contributed by atoms with Crippen molar-refractivity contribution in [3.63, 3.8) is 0 Å². The Morgan fingerprint density at radius 2 is 2.19 bits per heavy atom. The third kappa shape index (κ3) is 3.06. The van der Waals surface area contributed by atoms with Crippen LogP contribution in [0.3, 0.4) is 0 Å². The van der Waals surface area contributed by atoms with Crippen LogP contribution >= 0.6 is 0 Å². The summed E-state index contributed by atoms with van der Waals surface area (Å²) < 4.78 is 6.90. The van der Waals surface area contributed by atoms with Crippen molar-refractivity contribution >= 4 is 5.69 Å². The molecule has 1 aromatic heterocycles. The highest BCUT2D eigenvalue weighted by molar-refractivity contribution is 5.64. The fourth-order valence-corrected chi connectivity index (χ4v) is 2.07. The molecule has 21 heavy (non-hydrogen) atoms. The molecule has 1 heterocycles. The van der Waals surface area contributed by atoms with E-state index in [4.69, 9.17) is 10.5 Å². The van der Waals surface area contributed by atoms with E-state index in [-0.39, 0.29) is 12.2 Å². The average Bonchev–Trinajstić information content (AvgIpc) is 2.87. The van der Waals surface area contributed by atoms with E-state index < -0.39 is 4.92 Å². The van der Waals surface area contributed by atoms with Crippen LogP contribution in [0.15, 0.2) is 18.2 Å². The van der Waals surface area contributed by atoms with E-state index in [1.54, 1.807) is 13.2 Å². The lowest BCUT2D eigenvalue weighted by atomic mass is 10.1. The second kappa shape index (κ2) is 6.42. The molecule has 0 saturated carbocycles. The lowest BCUT2D eigenvalue weighted by molar-refractivity contribution is -0.384. The van der Waals surface area contributed by atoms with Gasteiger partial charge in [-0.25, -0.2) is 0 Å². The second-order valence-corrected chi connectivity index (χ2v) is 4.54. The zero-order valence-corrected chi connectivity index (χ0v) is 11.9. The monoisotopic (exact) mass is 291 g/mol. The number of benzene rings is 1. The third-order valence-corrected chi connectivity index (χ3v) is 3.20. The number of ether oxygens (including phenoxy) is 1. The first-order valence-corrected chi connectivity index (χ1v) is 6.45. The number of non-ortho nitro benzene ring substituents is 1. The molecule has 0 aliphatic rings. The number of rotatable bonds is 6. The van der Waals surface area contributed by atoms with Crippen molar-refractivity contribution in [3.8, 4) is 11.4 Å². The summed E-state index contributed by atoms with van der Waals surface area (Å²) in [5.74, 6) is 1.18. The summed E-state index contributed by atoms with van der Waals surface area (Å²) >= 11 is 0. The molecule has 112 valence electrons. The second-order valence-electron chi connectivity index (χ2n) is 4.54. The van der Waals surface area contributed by atoms with E-state index >= 15 is 0 Å². The van der Waals surface area contributed by atoms with Crippen LogP contribution in [-0.4, -0.2) is 33.4 Å². The molecule has 0 unspecified atom stereocenters. The molecule has 8 nitrogen and oxygen atoms in total. The zero-order chi connectivity index (χ0) is 15.4. The molecule has 8 heteroatoms. The fourth-order valence-electron chi connectivity index (χ4n) is 2.07. The van der Waals surface area contributed by atoms with Gasteiger partial charge in [0.25, 0.3) is 5.69 Å². The van der Waals surface area contributed by atoms with Crippen molar-refractivity contribution in [2.75, 3.05) is 13.7 Å². The summed E-state index contributed by atoms with van der Waals surface area (Å²) in [5, 5.41) is 19.1. The van der Waals surface area contributed by atoms with Crippen molar-refractivity contribution in [2.45, 2.75) is 20.0 Å². The quantitative estimate of drug-likeness (QED) is 0.634. The predicted molar refractivity (Wildman–Crippen MR) is 76.6 cm³/mol. The summed E-state index contributed by atoms with van der Waals surface area (Å²) in [6.07, 6.45) is 0. The Morgan fingerprint density at radius 1 is 1.43 bits per heavy atom. The van der Waals surface area contributed by atoms with Crippen LogP contribution in [-0.2, 0) is 17.8 Å². The molecule has 0 saturated heterocycles. The summed E-state index contributed by atoms with van der Waals surface area (Å²) in [6, 6.07) is 4.67. The van der Waals surface area contributed by atoms with E-state index in [1.165, 1.54) is 12.1 Å². The van der Waals surface area contributed by atoms with Gasteiger partial charge in [0, 0.05) is 31.4 Å². The molecule has 0 amide bonds. The number of methoxy groups -OCH3 is 1. The fraction of sp³-hybridized carbons (Fsp3) is 0.385. The summed E-state index contributed by atoms with van der Waals surface area (Å²) in [6.45, 7) is 3.13. The summed E-state index contributed by atoms with van der Waals surface area (Å²) in [5.41, 5.74) is 7.24. The van der Waals surface area contributed by atoms with E-state index in [1.807, 2.05) is 11.5 Å². The highest BCUT2D eigenvalue weighted by atomic mass is 16.6. The van der Waals surface area contributed by atoms with Gasteiger partial charge >= 0.3 is 0 Å². The standard InChI is InChI=1S/C13H17N5O3/c1-9-3-4-10(18(19)20)7-11(9)13-16-15-12(8-14)17(13)5-6-21-2/h3-4,7H,5-6,8,14H2,1-2H3. The van der Waals surface area contributed by atoms with E-state index in [9.17, 15) is 10.1 Å². The first-order valence-electron chi connectivity index (χ1n) is 6.45. The minimum absolute atomic E-state index is 0.0196. The van der Waals surface area contributed by atoms with Crippen molar-refractivity contribution in [1.29, 1.82) is 0 Å². The Balaban J connectivity index is 2.53. The normalized spacial score (nSPS) is 10.8. The van der Waals surface area contributed by atoms with Crippen LogP contribution < -0.4 is 5.73 Å². The molecule has 0 spiro atoms. The molecule has 1 aromatic carbocycles. The van der Waals surface area contributed by atoms with Gasteiger partial charge in [-0.2, -0.15) is 0 Å². The molecule has 2 aromatic rings. The number of nitro benzene ring substituents is 1. The van der Waals surface area contributed by atoms with Gasteiger partial charge in [-0.15, -0.1) is 10.2 Å². The van der Waals surface area contributed by atoms with Crippen molar-refractivity contribution in [2.24, 2.45) is 5.73 Å². The Bertz CT molecular complexity index is 653. The highest BCUT2D eigenvalue weighted by Gasteiger charge is 2.17. The minimum atomic E-state index is -0.428. The molecule has 0 fully saturated rings. The van der Waals surface area contributed by atoms with E-state index in [0.717, 1.165) is 5.56 Å². The lowest BCUT2D eigenvalue weighted by Gasteiger charge is -2.10. The van der Waals surface area contributed by atoms with Gasteiger partial charge in [0.1, 0.15) is 5.82 Å². The highest BCUT2D eigenvalue weighted by Crippen LogP contribution is 2.26. The Morgan fingerprint density at radius 3 is 2.81 bits per heavy atom. The van der Waals surface area contributed by atoms with Crippen LogP contribution in [0.1, 0.15) is 11.4 Å². The SMILES string of the molecule is COCCn1c(CN)nnc1-c1cc([N+](=O)[O-])ccc1C. The van der Waals surface area contributed by atoms with Gasteiger partial charge in [-0.1, -0.05) is 6.07 Å². The molecule has 0 bridgehead atoms. The maximum atomic E-state index is 10.9. The van der Waals surface area contributed by atoms with Crippen molar-refractivity contribution in [1.82, 2.24) is 14.8 Å². The number of hydrogen-bond donors (Lipinski definition) is 1. The first-order chi connectivity index (χ1) is 10.1. The summed E-state index contributed by atoms with van der Waals surface area (Å²) in [7, 11) is 1.60. The number of nitro groups is 1. The van der Waals surface area contributed by atoms with Crippen molar-refractivity contribution in [3.05, 3.63) is 39.7 Å².